The number of nitriles is 1. The van der Waals surface area contributed by atoms with E-state index in [0.717, 1.165) is 56.5 Å². The predicted octanol–water partition coefficient (Wildman–Crippen LogP) is 5.81. The van der Waals surface area contributed by atoms with Gasteiger partial charge >= 0.3 is 0 Å². The highest BCUT2D eigenvalue weighted by Crippen LogP contribution is 2.44. The first-order chi connectivity index (χ1) is 25.9. The van der Waals surface area contributed by atoms with Crippen molar-refractivity contribution >= 4 is 28.5 Å². The molecule has 54 heavy (non-hydrogen) atoms. The first kappa shape index (κ1) is 37.3. The molecule has 0 radical (unpaired) electrons. The van der Waals surface area contributed by atoms with E-state index in [1.54, 1.807) is 11.1 Å². The molecule has 2 atom stereocenters. The van der Waals surface area contributed by atoms with E-state index in [1.807, 2.05) is 33.8 Å². The third-order valence-corrected chi connectivity index (χ3v) is 11.3. The van der Waals surface area contributed by atoms with Gasteiger partial charge in [0.1, 0.15) is 36.3 Å². The van der Waals surface area contributed by atoms with Gasteiger partial charge < -0.3 is 29.2 Å². The average molecular weight is 737 g/mol. The zero-order valence-electron chi connectivity index (χ0n) is 31.8. The Bertz CT molecular complexity index is 2080. The lowest BCUT2D eigenvalue weighted by atomic mass is 9.86. The summed E-state index contributed by atoms with van der Waals surface area (Å²) in [4.78, 5) is 40.5. The number of carbonyl (C=O) groups excluding carboxylic acids is 2. The highest BCUT2D eigenvalue weighted by atomic mass is 19.1. The minimum atomic E-state index is -0.505. The number of anilines is 1. The van der Waals surface area contributed by atoms with Gasteiger partial charge in [-0.15, -0.1) is 0 Å². The molecule has 3 aliphatic rings. The molecule has 0 aliphatic carbocycles. The normalized spacial score (nSPS) is 20.3. The van der Waals surface area contributed by atoms with E-state index in [0.29, 0.717) is 36.8 Å². The summed E-state index contributed by atoms with van der Waals surface area (Å²) < 4.78 is 28.6. The van der Waals surface area contributed by atoms with Crippen molar-refractivity contribution in [3.05, 3.63) is 77.1 Å². The maximum absolute atomic E-state index is 14.5. The van der Waals surface area contributed by atoms with Crippen LogP contribution in [0, 0.1) is 29.5 Å². The molecule has 2 amide bonds. The van der Waals surface area contributed by atoms with E-state index in [-0.39, 0.29) is 53.3 Å². The molecule has 284 valence electrons. The van der Waals surface area contributed by atoms with Gasteiger partial charge in [-0.25, -0.2) is 14.4 Å². The Morgan fingerprint density at radius 3 is 2.67 bits per heavy atom. The summed E-state index contributed by atoms with van der Waals surface area (Å²) in [7, 11) is 0. The molecular formula is C41H49FN8O4. The van der Waals surface area contributed by atoms with E-state index in [1.165, 1.54) is 35.7 Å². The number of amides is 2. The van der Waals surface area contributed by atoms with Gasteiger partial charge in [-0.2, -0.15) is 5.26 Å². The van der Waals surface area contributed by atoms with Crippen LogP contribution in [0.25, 0.3) is 10.9 Å². The van der Waals surface area contributed by atoms with Crippen LogP contribution in [0.4, 0.5) is 10.2 Å². The van der Waals surface area contributed by atoms with E-state index in [9.17, 15) is 19.2 Å². The van der Waals surface area contributed by atoms with Gasteiger partial charge in [-0.3, -0.25) is 14.5 Å². The van der Waals surface area contributed by atoms with Crippen LogP contribution in [-0.2, 0) is 22.6 Å². The van der Waals surface area contributed by atoms with Crippen molar-refractivity contribution in [2.45, 2.75) is 85.2 Å². The van der Waals surface area contributed by atoms with Gasteiger partial charge in [-0.05, 0) is 102 Å². The second-order valence-corrected chi connectivity index (χ2v) is 15.6. The van der Waals surface area contributed by atoms with Gasteiger partial charge in [0, 0.05) is 67.7 Å². The van der Waals surface area contributed by atoms with Gasteiger partial charge in [0.05, 0.1) is 17.9 Å². The number of carbonyl (C=O) groups is 2. The van der Waals surface area contributed by atoms with Crippen molar-refractivity contribution < 1.29 is 23.5 Å². The zero-order chi connectivity index (χ0) is 38.1. The molecule has 0 saturated carbocycles. The number of nitrogens with one attached hydrogen (secondary N) is 1. The molecule has 7 rings (SSSR count). The van der Waals surface area contributed by atoms with Gasteiger partial charge in [0.15, 0.2) is 11.6 Å². The highest BCUT2D eigenvalue weighted by molar-refractivity contribution is 5.97. The van der Waals surface area contributed by atoms with Crippen molar-refractivity contribution in [2.75, 3.05) is 44.2 Å². The quantitative estimate of drug-likeness (QED) is 0.203. The van der Waals surface area contributed by atoms with Crippen LogP contribution >= 0.6 is 0 Å². The number of morpholine rings is 1. The molecule has 3 aliphatic heterocycles. The number of aromatic nitrogens is 3. The molecule has 13 heteroatoms. The standard InChI is InChI=1S/C41H49FN8O4/c1-26(2)50(27(3)4)40(52)34-16-30(42)7-9-36(34)54-37-20-44-25-46-39(37)48-15-12-41(24-48)11-14-47(23-41)21-29-6-8-35-33(28(29)5)17-31(18-43)49(35)13-10-32-19-45-38(51)22-53-32/h6-9,16-17,20,25-27,32H,10-15,19,21-24H2,1-5H3,(H,45,51). The van der Waals surface area contributed by atoms with E-state index in [4.69, 9.17) is 9.47 Å². The summed E-state index contributed by atoms with van der Waals surface area (Å²) in [5, 5.41) is 13.9. The molecule has 2 aromatic carbocycles. The van der Waals surface area contributed by atoms with Crippen molar-refractivity contribution in [1.82, 2.24) is 29.7 Å². The maximum atomic E-state index is 14.5. The molecule has 0 bridgehead atoms. The smallest absolute Gasteiger partial charge is 0.258 e. The molecule has 4 aromatic rings. The SMILES string of the molecule is Cc1c(CN2CCC3(CCN(c4ncncc4Oc4ccc(F)cc4C(=O)N(C(C)C)C(C)C)C3)C2)ccc2c1cc(C#N)n2CCC1CNC(=O)CO1. The fraction of sp³-hybridized carbons (Fsp3) is 0.488. The van der Waals surface area contributed by atoms with Gasteiger partial charge in [0.25, 0.3) is 5.91 Å². The number of rotatable bonds is 11. The summed E-state index contributed by atoms with van der Waals surface area (Å²) >= 11 is 0. The number of hydrogen-bond donors (Lipinski definition) is 1. The van der Waals surface area contributed by atoms with E-state index >= 15 is 0 Å². The Morgan fingerprint density at radius 2 is 1.93 bits per heavy atom. The van der Waals surface area contributed by atoms with Crippen molar-refractivity contribution in [3.63, 3.8) is 0 Å². The second-order valence-electron chi connectivity index (χ2n) is 15.6. The summed E-state index contributed by atoms with van der Waals surface area (Å²) in [6, 6.07) is 12.6. The summed E-state index contributed by atoms with van der Waals surface area (Å²) in [5.74, 6) is 0.461. The van der Waals surface area contributed by atoms with Crippen LogP contribution in [0.5, 0.6) is 11.5 Å². The fourth-order valence-corrected chi connectivity index (χ4v) is 8.57. The molecule has 5 heterocycles. The average Bonchev–Trinajstić information content (AvgIpc) is 3.86. The summed E-state index contributed by atoms with van der Waals surface area (Å²) in [6.07, 6.45) is 5.82. The van der Waals surface area contributed by atoms with E-state index < -0.39 is 5.82 Å². The topological polar surface area (TPSA) is 129 Å². The first-order valence-electron chi connectivity index (χ1n) is 18.9. The van der Waals surface area contributed by atoms with Crippen LogP contribution in [0.1, 0.15) is 74.1 Å². The van der Waals surface area contributed by atoms with Gasteiger partial charge in [-0.1, -0.05) is 6.07 Å². The fourth-order valence-electron chi connectivity index (χ4n) is 8.57. The molecule has 2 aromatic heterocycles. The Kier molecular flexibility index (Phi) is 10.6. The van der Waals surface area contributed by atoms with Crippen LogP contribution in [0.3, 0.4) is 0 Å². The number of likely N-dealkylation sites (tertiary alicyclic amines) is 1. The summed E-state index contributed by atoms with van der Waals surface area (Å²) in [5.41, 5.74) is 4.34. The Labute approximate surface area is 315 Å². The minimum Gasteiger partial charge on any atom is -0.451 e. The second kappa shape index (κ2) is 15.4. The number of hydrogen-bond acceptors (Lipinski definition) is 9. The third-order valence-electron chi connectivity index (χ3n) is 11.3. The first-order valence-corrected chi connectivity index (χ1v) is 18.9. The third kappa shape index (κ3) is 7.50. The van der Waals surface area contributed by atoms with Crippen LogP contribution < -0.4 is 15.0 Å². The number of aryl methyl sites for hydroxylation is 2. The molecule has 2 unspecified atom stereocenters. The monoisotopic (exact) mass is 736 g/mol. The van der Waals surface area contributed by atoms with Crippen molar-refractivity contribution in [3.8, 4) is 17.6 Å². The van der Waals surface area contributed by atoms with Crippen molar-refractivity contribution in [1.29, 1.82) is 5.26 Å². The van der Waals surface area contributed by atoms with E-state index in [2.05, 4.69) is 54.8 Å². The Hall–Kier alpha value is -5.06. The lowest BCUT2D eigenvalue weighted by Crippen LogP contribution is -2.43. The largest absolute Gasteiger partial charge is 0.451 e. The predicted molar refractivity (Wildman–Crippen MR) is 203 cm³/mol. The molecule has 1 spiro atoms. The number of benzene rings is 2. The van der Waals surface area contributed by atoms with Crippen LogP contribution in [0.2, 0.25) is 0 Å². The summed E-state index contributed by atoms with van der Waals surface area (Å²) in [6.45, 7) is 15.5. The molecule has 3 saturated heterocycles. The maximum Gasteiger partial charge on any atom is 0.258 e. The number of ether oxygens (including phenoxy) is 2. The molecule has 1 N–H and O–H groups in total. The molecule has 12 nitrogen and oxygen atoms in total. The number of halogens is 1. The molecule has 3 fully saturated rings. The minimum absolute atomic E-state index is 0.0709. The number of nitrogens with zero attached hydrogens (tertiary/aromatic N) is 7. The Balaban J connectivity index is 1.03. The van der Waals surface area contributed by atoms with Crippen molar-refractivity contribution in [2.24, 2.45) is 5.41 Å². The van der Waals surface area contributed by atoms with Gasteiger partial charge in [0.2, 0.25) is 5.91 Å². The molecular weight excluding hydrogens is 688 g/mol. The highest BCUT2D eigenvalue weighted by Gasteiger charge is 2.44. The lowest BCUT2D eigenvalue weighted by molar-refractivity contribution is -0.133. The number of fused-ring (bicyclic) bond motifs is 1. The zero-order valence-corrected chi connectivity index (χ0v) is 31.8. The Morgan fingerprint density at radius 1 is 1.13 bits per heavy atom. The van der Waals surface area contributed by atoms with Crippen LogP contribution in [0.15, 0.2) is 48.9 Å². The van der Waals surface area contributed by atoms with Crippen LogP contribution in [-0.4, -0.2) is 93.7 Å². The lowest BCUT2D eigenvalue weighted by Gasteiger charge is -2.31.